The largest absolute Gasteiger partial charge is 0.481 e. The first-order valence-corrected chi connectivity index (χ1v) is 10.1. The van der Waals surface area contributed by atoms with E-state index in [1.54, 1.807) is 6.92 Å². The van der Waals surface area contributed by atoms with Gasteiger partial charge in [-0.25, -0.2) is 4.98 Å². The van der Waals surface area contributed by atoms with Crippen LogP contribution in [-0.2, 0) is 59.1 Å². The molecule has 0 fully saturated rings. The van der Waals surface area contributed by atoms with Gasteiger partial charge in [0.05, 0.1) is 18.2 Å². The zero-order valence-corrected chi connectivity index (χ0v) is 22.2. The van der Waals surface area contributed by atoms with Gasteiger partial charge in [-0.2, -0.15) is 0 Å². The normalized spacial score (nSPS) is 12.9. The predicted molar refractivity (Wildman–Crippen MR) is 114 cm³/mol. The fraction of sp³-hybridized carbons (Fsp3) is 0.550. The number of carboxylic acids is 1. The van der Waals surface area contributed by atoms with Crippen molar-refractivity contribution in [2.75, 3.05) is 5.32 Å². The Bertz CT molecular complexity index is 1030. The summed E-state index contributed by atoms with van der Waals surface area (Å²) in [7, 11) is 0. The fourth-order valence-corrected chi connectivity index (χ4v) is 2.92. The SMILES string of the molecule is CC[C@@H](C(=O)N[C@@H](CC(=O)O)C(C)=O)n1cc(C(C)(C)C)nc(NCc2c[n-]nn2)c1=O.[Y]. The number of Topliss-reactive ketones (excluding diaryl/α,β-unsaturated/α-hetero) is 1. The third-order valence-electron chi connectivity index (χ3n) is 4.78. The van der Waals surface area contributed by atoms with Gasteiger partial charge in [0.1, 0.15) is 6.04 Å². The maximum absolute atomic E-state index is 13.2. The molecule has 2 atom stereocenters. The van der Waals surface area contributed by atoms with E-state index in [0.29, 0.717) is 11.4 Å². The Morgan fingerprint density at radius 2 is 1.94 bits per heavy atom. The van der Waals surface area contributed by atoms with Gasteiger partial charge in [-0.15, -0.1) is 0 Å². The van der Waals surface area contributed by atoms with E-state index in [4.69, 9.17) is 5.11 Å². The van der Waals surface area contributed by atoms with E-state index in [-0.39, 0.29) is 51.5 Å². The molecule has 0 saturated heterocycles. The van der Waals surface area contributed by atoms with E-state index >= 15 is 0 Å². The molecular formula is C20H28N7O5Y-. The Morgan fingerprint density at radius 3 is 2.42 bits per heavy atom. The summed E-state index contributed by atoms with van der Waals surface area (Å²) in [6.07, 6.45) is 2.66. The summed E-state index contributed by atoms with van der Waals surface area (Å²) in [5.41, 5.74) is 0.103. The zero-order valence-electron chi connectivity index (χ0n) is 19.3. The number of rotatable bonds is 10. The molecule has 3 N–H and O–H groups in total. The molecule has 1 radical (unpaired) electrons. The Labute approximate surface area is 216 Å². The standard InChI is InChI=1S/C20H29N7O5.Y/c1-6-14(18(31)23-13(11(2)28)7-16(29)30)27-10-15(20(3,4)5)24-17(19(27)32)21-8-12-9-22-26-25-12;/h9-10,13-14H,6-8H2,1-5H3,(H4,21,22,23,24,25,26,29,30,31);/p-1/t13-,14-;/m0./s1. The summed E-state index contributed by atoms with van der Waals surface area (Å²) in [6, 6.07) is -2.15. The van der Waals surface area contributed by atoms with E-state index in [2.05, 4.69) is 31.0 Å². The molecule has 2 aromatic heterocycles. The van der Waals surface area contributed by atoms with Gasteiger partial charge >= 0.3 is 5.97 Å². The van der Waals surface area contributed by atoms with Gasteiger partial charge in [-0.05, 0) is 19.0 Å². The first-order chi connectivity index (χ1) is 14.9. The van der Waals surface area contributed by atoms with Crippen molar-refractivity contribution in [1.29, 1.82) is 0 Å². The van der Waals surface area contributed by atoms with Crippen molar-refractivity contribution in [3.05, 3.63) is 34.1 Å². The van der Waals surface area contributed by atoms with Crippen molar-refractivity contribution in [3.63, 3.8) is 0 Å². The van der Waals surface area contributed by atoms with Crippen LogP contribution < -0.4 is 21.3 Å². The molecule has 0 bridgehead atoms. The van der Waals surface area contributed by atoms with Crippen molar-refractivity contribution >= 4 is 23.5 Å². The minimum atomic E-state index is -1.22. The minimum Gasteiger partial charge on any atom is -0.481 e. The van der Waals surface area contributed by atoms with Gasteiger partial charge in [-0.3, -0.25) is 29.0 Å². The van der Waals surface area contributed by atoms with E-state index in [0.717, 1.165) is 0 Å². The Hall–Kier alpha value is -2.47. The summed E-state index contributed by atoms with van der Waals surface area (Å²) in [4.78, 5) is 53.4. The van der Waals surface area contributed by atoms with Crippen molar-refractivity contribution in [2.45, 2.75) is 71.5 Å². The third-order valence-corrected chi connectivity index (χ3v) is 4.78. The maximum Gasteiger partial charge on any atom is 0.305 e. The zero-order chi connectivity index (χ0) is 24.1. The van der Waals surface area contributed by atoms with Gasteiger partial charge in [0, 0.05) is 50.9 Å². The first-order valence-electron chi connectivity index (χ1n) is 10.1. The van der Waals surface area contributed by atoms with Crippen LogP contribution in [-0.4, -0.2) is 48.7 Å². The van der Waals surface area contributed by atoms with Gasteiger partial charge in [0.25, 0.3) is 5.56 Å². The molecule has 0 aliphatic rings. The number of carboxylic acid groups (broad SMARTS) is 1. The van der Waals surface area contributed by atoms with Crippen LogP contribution in [0.25, 0.3) is 0 Å². The topological polar surface area (TPSA) is 170 Å². The number of aromatic nitrogens is 5. The van der Waals surface area contributed by atoms with Crippen LogP contribution in [0.1, 0.15) is 64.9 Å². The summed E-state index contributed by atoms with van der Waals surface area (Å²) in [5, 5.41) is 25.3. The monoisotopic (exact) mass is 535 g/mol. The molecule has 2 aromatic rings. The average molecular weight is 535 g/mol. The van der Waals surface area contributed by atoms with Crippen molar-refractivity contribution in [2.24, 2.45) is 0 Å². The number of anilines is 1. The molecule has 0 aliphatic heterocycles. The quantitative estimate of drug-likeness (QED) is 0.387. The first kappa shape index (κ1) is 28.6. The van der Waals surface area contributed by atoms with E-state index in [1.165, 1.54) is 23.9 Å². The summed E-state index contributed by atoms with van der Waals surface area (Å²) in [6.45, 7) is 8.83. The molecule has 0 aromatic carbocycles. The third kappa shape index (κ3) is 7.81. The number of nitrogens with one attached hydrogen (secondary N) is 2. The number of carbonyl (C=O) groups excluding carboxylic acids is 2. The number of amides is 1. The van der Waals surface area contributed by atoms with E-state index in [9.17, 15) is 19.2 Å². The summed E-state index contributed by atoms with van der Waals surface area (Å²) in [5.74, 6) is -2.30. The number of hydrogen-bond acceptors (Lipinski definition) is 8. The smallest absolute Gasteiger partial charge is 0.305 e. The summed E-state index contributed by atoms with van der Waals surface area (Å²) >= 11 is 0. The van der Waals surface area contributed by atoms with Crippen LogP contribution in [0.15, 0.2) is 17.2 Å². The predicted octanol–water partition coefficient (Wildman–Crippen LogP) is 0.397. The molecular weight excluding hydrogens is 507 g/mol. The number of ketones is 1. The molecule has 0 spiro atoms. The van der Waals surface area contributed by atoms with Crippen LogP contribution in [0.2, 0.25) is 0 Å². The van der Waals surface area contributed by atoms with Crippen LogP contribution in [0.5, 0.6) is 0 Å². The van der Waals surface area contributed by atoms with Crippen LogP contribution in [0, 0.1) is 0 Å². The second kappa shape index (κ2) is 12.1. The summed E-state index contributed by atoms with van der Waals surface area (Å²) < 4.78 is 1.26. The van der Waals surface area contributed by atoms with Crippen LogP contribution in [0.4, 0.5) is 5.82 Å². The molecule has 2 rings (SSSR count). The molecule has 0 aliphatic carbocycles. The fourth-order valence-electron chi connectivity index (χ4n) is 2.92. The second-order valence-electron chi connectivity index (χ2n) is 8.41. The Balaban J connectivity index is 0.00000544. The van der Waals surface area contributed by atoms with Crippen LogP contribution >= 0.6 is 0 Å². The Kier molecular flexibility index (Phi) is 10.5. The maximum atomic E-state index is 13.2. The Morgan fingerprint density at radius 1 is 1.27 bits per heavy atom. The molecule has 177 valence electrons. The molecule has 0 unspecified atom stereocenters. The van der Waals surface area contributed by atoms with E-state index < -0.39 is 47.1 Å². The average Bonchev–Trinajstić information content (AvgIpc) is 3.20. The van der Waals surface area contributed by atoms with Crippen molar-refractivity contribution < 1.29 is 52.2 Å². The second-order valence-corrected chi connectivity index (χ2v) is 8.41. The minimum absolute atomic E-state index is 0. The van der Waals surface area contributed by atoms with Crippen molar-refractivity contribution in [1.82, 2.24) is 30.3 Å². The van der Waals surface area contributed by atoms with Gasteiger partial charge in [0.15, 0.2) is 11.6 Å². The van der Waals surface area contributed by atoms with Gasteiger partial charge in [-0.1, -0.05) is 33.9 Å². The molecule has 12 nitrogen and oxygen atoms in total. The van der Waals surface area contributed by atoms with Crippen LogP contribution in [0.3, 0.4) is 0 Å². The molecule has 1 amide bonds. The number of carbonyl (C=O) groups is 3. The van der Waals surface area contributed by atoms with E-state index in [1.807, 2.05) is 20.8 Å². The van der Waals surface area contributed by atoms with Gasteiger partial charge in [0.2, 0.25) is 5.91 Å². The number of nitrogens with zero attached hydrogens (tertiary/aromatic N) is 5. The molecule has 0 saturated carbocycles. The van der Waals surface area contributed by atoms with Crippen molar-refractivity contribution in [3.8, 4) is 0 Å². The number of hydrogen-bond donors (Lipinski definition) is 3. The van der Waals surface area contributed by atoms with Gasteiger partial charge < -0.3 is 25.9 Å². The molecule has 33 heavy (non-hydrogen) atoms. The molecule has 13 heteroatoms. The number of aliphatic carboxylic acids is 1. The molecule has 2 heterocycles.